The van der Waals surface area contributed by atoms with E-state index in [-0.39, 0.29) is 29.3 Å². The van der Waals surface area contributed by atoms with Gasteiger partial charge in [0.15, 0.2) is 0 Å². The van der Waals surface area contributed by atoms with E-state index in [4.69, 9.17) is 23.2 Å². The minimum absolute atomic E-state index is 0.00171. The van der Waals surface area contributed by atoms with Crippen molar-refractivity contribution in [2.45, 2.75) is 53.6 Å². The zero-order valence-corrected chi connectivity index (χ0v) is 23.7. The number of carbonyl (C=O) groups is 2. The smallest absolute Gasteiger partial charge is 0.255 e. The summed E-state index contributed by atoms with van der Waals surface area (Å²) in [5.41, 5.74) is 3.86. The third kappa shape index (κ3) is 8.37. The molecule has 3 rings (SSSR count). The van der Waals surface area contributed by atoms with E-state index < -0.39 is 0 Å². The molecule has 37 heavy (non-hydrogen) atoms. The molecule has 0 fully saturated rings. The molecule has 0 aliphatic heterocycles. The van der Waals surface area contributed by atoms with Crippen molar-refractivity contribution in [1.29, 1.82) is 0 Å². The van der Waals surface area contributed by atoms with Crippen molar-refractivity contribution in [3.05, 3.63) is 93.2 Å². The minimum Gasteiger partial charge on any atom is -0.345 e. The van der Waals surface area contributed by atoms with Crippen molar-refractivity contribution in [3.8, 4) is 0 Å². The highest BCUT2D eigenvalue weighted by atomic mass is 35.5. The summed E-state index contributed by atoms with van der Waals surface area (Å²) < 4.78 is 2.19. The summed E-state index contributed by atoms with van der Waals surface area (Å²) in [5.74, 6) is -0.142. The number of hydrogen-bond acceptors (Lipinski definition) is 2. The SMILES string of the molecule is CCCCN(Cc1cccn1Cc1cccc(C)c1)C(=O)CN(CC(C)C)C(=O)c1ccc(Cl)cc1Cl. The Kier molecular flexibility index (Phi) is 10.7. The van der Waals surface area contributed by atoms with E-state index in [0.29, 0.717) is 30.2 Å². The highest BCUT2D eigenvalue weighted by Gasteiger charge is 2.25. The van der Waals surface area contributed by atoms with Crippen LogP contribution in [0.3, 0.4) is 0 Å². The average molecular weight is 543 g/mol. The Bertz CT molecular complexity index is 1210. The minimum atomic E-state index is -0.262. The van der Waals surface area contributed by atoms with Crippen LogP contribution >= 0.6 is 23.2 Å². The molecule has 0 bridgehead atoms. The number of benzene rings is 2. The van der Waals surface area contributed by atoms with Crippen LogP contribution in [-0.4, -0.2) is 45.8 Å². The molecule has 0 unspecified atom stereocenters. The number of aryl methyl sites for hydroxylation is 1. The Morgan fingerprint density at radius 3 is 2.46 bits per heavy atom. The van der Waals surface area contributed by atoms with Gasteiger partial charge in [0.1, 0.15) is 6.54 Å². The van der Waals surface area contributed by atoms with Gasteiger partial charge < -0.3 is 14.4 Å². The van der Waals surface area contributed by atoms with Crippen LogP contribution in [0.15, 0.2) is 60.8 Å². The van der Waals surface area contributed by atoms with Gasteiger partial charge in [0.2, 0.25) is 5.91 Å². The fourth-order valence-electron chi connectivity index (χ4n) is 4.35. The van der Waals surface area contributed by atoms with Gasteiger partial charge >= 0.3 is 0 Å². The fraction of sp³-hybridized carbons (Fsp3) is 0.400. The summed E-state index contributed by atoms with van der Waals surface area (Å²) in [6, 6.07) is 17.4. The van der Waals surface area contributed by atoms with Gasteiger partial charge in [-0.3, -0.25) is 9.59 Å². The third-order valence-electron chi connectivity index (χ3n) is 6.21. The number of rotatable bonds is 12. The second kappa shape index (κ2) is 13.7. The molecule has 0 atom stereocenters. The van der Waals surface area contributed by atoms with Crippen molar-refractivity contribution < 1.29 is 9.59 Å². The maximum atomic E-state index is 13.6. The fourth-order valence-corrected chi connectivity index (χ4v) is 4.84. The van der Waals surface area contributed by atoms with E-state index in [1.807, 2.05) is 24.8 Å². The van der Waals surface area contributed by atoms with Gasteiger partial charge in [-0.05, 0) is 55.2 Å². The Labute approximate surface area is 231 Å². The zero-order chi connectivity index (χ0) is 26.9. The van der Waals surface area contributed by atoms with Gasteiger partial charge in [-0.1, -0.05) is 80.2 Å². The lowest BCUT2D eigenvalue weighted by atomic mass is 10.1. The third-order valence-corrected chi connectivity index (χ3v) is 6.75. The lowest BCUT2D eigenvalue weighted by molar-refractivity contribution is -0.132. The van der Waals surface area contributed by atoms with E-state index in [0.717, 1.165) is 25.1 Å². The molecule has 2 amide bonds. The monoisotopic (exact) mass is 541 g/mol. The van der Waals surface area contributed by atoms with Gasteiger partial charge in [0, 0.05) is 36.5 Å². The van der Waals surface area contributed by atoms with E-state index in [2.05, 4.69) is 54.9 Å². The van der Waals surface area contributed by atoms with Crippen LogP contribution in [-0.2, 0) is 17.9 Å². The highest BCUT2D eigenvalue weighted by molar-refractivity contribution is 6.36. The predicted molar refractivity (Wildman–Crippen MR) is 152 cm³/mol. The van der Waals surface area contributed by atoms with Crippen LogP contribution in [0.2, 0.25) is 10.0 Å². The first-order chi connectivity index (χ1) is 17.7. The van der Waals surface area contributed by atoms with Crippen molar-refractivity contribution in [3.63, 3.8) is 0 Å². The second-order valence-electron chi connectivity index (χ2n) is 9.99. The molecule has 7 heteroatoms. The second-order valence-corrected chi connectivity index (χ2v) is 10.8. The van der Waals surface area contributed by atoms with E-state index >= 15 is 0 Å². The summed E-state index contributed by atoms with van der Waals surface area (Å²) in [4.78, 5) is 30.5. The molecule has 5 nitrogen and oxygen atoms in total. The number of unbranched alkanes of at least 4 members (excludes halogenated alkanes) is 1. The number of carbonyl (C=O) groups excluding carboxylic acids is 2. The molecule has 198 valence electrons. The maximum absolute atomic E-state index is 13.6. The van der Waals surface area contributed by atoms with Gasteiger partial charge in [-0.15, -0.1) is 0 Å². The maximum Gasteiger partial charge on any atom is 0.255 e. The first kappa shape index (κ1) is 28.8. The largest absolute Gasteiger partial charge is 0.345 e. The van der Waals surface area contributed by atoms with Crippen LogP contribution in [0, 0.1) is 12.8 Å². The Morgan fingerprint density at radius 2 is 1.78 bits per heavy atom. The summed E-state index contributed by atoms with van der Waals surface area (Å²) >= 11 is 12.4. The normalized spacial score (nSPS) is 11.1. The Hall–Kier alpha value is -2.76. The molecule has 3 aromatic rings. The molecule has 1 aromatic heterocycles. The summed E-state index contributed by atoms with van der Waals surface area (Å²) in [6.07, 6.45) is 3.92. The summed E-state index contributed by atoms with van der Waals surface area (Å²) in [5, 5.41) is 0.753. The molecule has 0 aliphatic rings. The summed E-state index contributed by atoms with van der Waals surface area (Å²) in [6.45, 7) is 10.6. The first-order valence-corrected chi connectivity index (χ1v) is 13.6. The molecule has 1 heterocycles. The molecular weight excluding hydrogens is 505 g/mol. The van der Waals surface area contributed by atoms with Crippen LogP contribution in [0.1, 0.15) is 60.8 Å². The lowest BCUT2D eigenvalue weighted by Gasteiger charge is -2.29. The molecule has 0 saturated carbocycles. The van der Waals surface area contributed by atoms with Crippen LogP contribution in [0.4, 0.5) is 0 Å². The van der Waals surface area contributed by atoms with Crippen molar-refractivity contribution in [1.82, 2.24) is 14.4 Å². The van der Waals surface area contributed by atoms with Gasteiger partial charge in [0.25, 0.3) is 5.91 Å². The number of aromatic nitrogens is 1. The van der Waals surface area contributed by atoms with Crippen molar-refractivity contribution in [2.75, 3.05) is 19.6 Å². The zero-order valence-electron chi connectivity index (χ0n) is 22.2. The van der Waals surface area contributed by atoms with Crippen LogP contribution < -0.4 is 0 Å². The molecule has 0 radical (unpaired) electrons. The first-order valence-electron chi connectivity index (χ1n) is 12.9. The number of hydrogen-bond donors (Lipinski definition) is 0. The van der Waals surface area contributed by atoms with Crippen molar-refractivity contribution >= 4 is 35.0 Å². The Balaban J connectivity index is 1.79. The van der Waals surface area contributed by atoms with Gasteiger partial charge in [-0.2, -0.15) is 0 Å². The molecular formula is C30H37Cl2N3O2. The van der Waals surface area contributed by atoms with E-state index in [1.165, 1.54) is 11.1 Å². The Morgan fingerprint density at radius 1 is 1.00 bits per heavy atom. The highest BCUT2D eigenvalue weighted by Crippen LogP contribution is 2.23. The van der Waals surface area contributed by atoms with E-state index in [9.17, 15) is 9.59 Å². The topological polar surface area (TPSA) is 45.6 Å². The molecule has 0 spiro atoms. The number of amides is 2. The lowest BCUT2D eigenvalue weighted by Crippen LogP contribution is -2.44. The van der Waals surface area contributed by atoms with Crippen LogP contribution in [0.5, 0.6) is 0 Å². The predicted octanol–water partition coefficient (Wildman–Crippen LogP) is 7.08. The molecule has 0 aliphatic carbocycles. The van der Waals surface area contributed by atoms with Gasteiger partial charge in [-0.25, -0.2) is 0 Å². The van der Waals surface area contributed by atoms with E-state index in [1.54, 1.807) is 23.1 Å². The van der Waals surface area contributed by atoms with Crippen molar-refractivity contribution in [2.24, 2.45) is 5.92 Å². The molecule has 0 saturated heterocycles. The summed E-state index contributed by atoms with van der Waals surface area (Å²) in [7, 11) is 0. The molecule has 2 aromatic carbocycles. The van der Waals surface area contributed by atoms with Crippen LogP contribution in [0.25, 0.3) is 0 Å². The number of halogens is 2. The standard InChI is InChI=1S/C30H37Cl2N3O2/c1-5-6-14-34(20-26-11-8-15-33(26)19-24-10-7-9-23(4)16-24)29(36)21-35(18-22(2)3)30(37)27-13-12-25(31)17-28(27)32/h7-13,15-17,22H,5-6,14,18-21H2,1-4H3. The number of nitrogens with zero attached hydrogens (tertiary/aromatic N) is 3. The molecule has 0 N–H and O–H groups in total. The average Bonchev–Trinajstić information content (AvgIpc) is 3.27. The van der Waals surface area contributed by atoms with Gasteiger partial charge in [0.05, 0.1) is 17.1 Å². The quantitative estimate of drug-likeness (QED) is 0.246.